The van der Waals surface area contributed by atoms with Crippen LogP contribution in [0.2, 0.25) is 0 Å². The van der Waals surface area contributed by atoms with Crippen LogP contribution in [0.5, 0.6) is 0 Å². The average molecular weight is 806 g/mol. The van der Waals surface area contributed by atoms with Gasteiger partial charge < -0.3 is 13.6 Å². The fourth-order valence-corrected chi connectivity index (χ4v) is 9.52. The van der Waals surface area contributed by atoms with Gasteiger partial charge in [-0.25, -0.2) is 15.0 Å². The Morgan fingerprint density at radius 3 is 1.51 bits per heavy atom. The van der Waals surface area contributed by atoms with E-state index in [1.165, 1.54) is 27.4 Å². The molecule has 6 nitrogen and oxygen atoms in total. The topological polar surface area (TPSA) is 61.7 Å². The summed E-state index contributed by atoms with van der Waals surface area (Å²) in [7, 11) is 0. The second kappa shape index (κ2) is 14.0. The second-order valence-electron chi connectivity index (χ2n) is 16.0. The molecule has 13 rings (SSSR count). The first-order valence-corrected chi connectivity index (χ1v) is 21.2. The van der Waals surface area contributed by atoms with Crippen molar-refractivity contribution in [2.45, 2.75) is 0 Å². The number of rotatable bonds is 6. The van der Waals surface area contributed by atoms with Gasteiger partial charge in [0, 0.05) is 65.9 Å². The third-order valence-electron chi connectivity index (χ3n) is 12.4. The average Bonchev–Trinajstić information content (AvgIpc) is 4.02. The fraction of sp³-hybridized carbons (Fsp3) is 0. The van der Waals surface area contributed by atoms with Gasteiger partial charge in [-0.05, 0) is 72.3 Å². The Labute approximate surface area is 361 Å². The van der Waals surface area contributed by atoms with Crippen molar-refractivity contribution >= 4 is 65.6 Å². The van der Waals surface area contributed by atoms with Gasteiger partial charge in [0.1, 0.15) is 5.58 Å². The van der Waals surface area contributed by atoms with E-state index in [0.717, 1.165) is 77.4 Å². The molecule has 0 aliphatic rings. The Morgan fingerprint density at radius 1 is 0.317 bits per heavy atom. The van der Waals surface area contributed by atoms with E-state index in [4.69, 9.17) is 19.4 Å². The first kappa shape index (κ1) is 35.2. The summed E-state index contributed by atoms with van der Waals surface area (Å²) in [5.74, 6) is 1.88. The Hall–Kier alpha value is -8.61. The normalized spacial score (nSPS) is 11.8. The molecule has 294 valence electrons. The summed E-state index contributed by atoms with van der Waals surface area (Å²) < 4.78 is 11.7. The van der Waals surface area contributed by atoms with Crippen molar-refractivity contribution in [1.82, 2.24) is 24.1 Å². The molecule has 0 bridgehead atoms. The molecule has 4 heterocycles. The van der Waals surface area contributed by atoms with E-state index in [9.17, 15) is 0 Å². The first-order valence-electron chi connectivity index (χ1n) is 21.2. The molecule has 9 aromatic carbocycles. The summed E-state index contributed by atoms with van der Waals surface area (Å²) in [6.07, 6.45) is 0. The lowest BCUT2D eigenvalue weighted by molar-refractivity contribution is 0.671. The van der Waals surface area contributed by atoms with E-state index in [2.05, 4.69) is 161 Å². The lowest BCUT2D eigenvalue weighted by atomic mass is 9.99. The molecule has 0 aliphatic carbocycles. The van der Waals surface area contributed by atoms with Crippen LogP contribution in [0.4, 0.5) is 0 Å². The predicted molar refractivity (Wildman–Crippen MR) is 258 cm³/mol. The van der Waals surface area contributed by atoms with Gasteiger partial charge in [-0.15, -0.1) is 0 Å². The summed E-state index contributed by atoms with van der Waals surface area (Å²) in [5.41, 5.74) is 13.4. The van der Waals surface area contributed by atoms with Crippen LogP contribution < -0.4 is 0 Å². The van der Waals surface area contributed by atoms with Gasteiger partial charge >= 0.3 is 0 Å². The largest absolute Gasteiger partial charge is 0.454 e. The molecule has 63 heavy (non-hydrogen) atoms. The van der Waals surface area contributed by atoms with Gasteiger partial charge in [0.2, 0.25) is 0 Å². The van der Waals surface area contributed by atoms with E-state index >= 15 is 0 Å². The number of aromatic nitrogens is 5. The van der Waals surface area contributed by atoms with Crippen molar-refractivity contribution < 1.29 is 4.42 Å². The third kappa shape index (κ3) is 5.55. The predicted octanol–water partition coefficient (Wildman–Crippen LogP) is 14.6. The highest BCUT2D eigenvalue weighted by atomic mass is 16.3. The first-order chi connectivity index (χ1) is 31.2. The van der Waals surface area contributed by atoms with Gasteiger partial charge in [0.15, 0.2) is 23.1 Å². The van der Waals surface area contributed by atoms with Gasteiger partial charge in [0.05, 0.1) is 22.1 Å². The summed E-state index contributed by atoms with van der Waals surface area (Å²) >= 11 is 0. The molecule has 0 saturated heterocycles. The van der Waals surface area contributed by atoms with E-state index < -0.39 is 0 Å². The molecule has 13 aromatic rings. The van der Waals surface area contributed by atoms with Crippen LogP contribution in [0.15, 0.2) is 217 Å². The molecular formula is C57H35N5O. The van der Waals surface area contributed by atoms with E-state index in [0.29, 0.717) is 17.5 Å². The zero-order valence-corrected chi connectivity index (χ0v) is 33.9. The SMILES string of the molecule is c1ccc(-c2nc(-c3ccccc3)nc(-c3ccc4c(c3)c3ccc5c6cc(-c7cccc8c9ccccc9n(-c9ccccc9)c78)ccc6oc5c3n4-c3ccccc3)n2)cc1. The van der Waals surface area contributed by atoms with Gasteiger partial charge in [0.25, 0.3) is 0 Å². The van der Waals surface area contributed by atoms with Crippen molar-refractivity contribution in [3.05, 3.63) is 212 Å². The smallest absolute Gasteiger partial charge is 0.164 e. The van der Waals surface area contributed by atoms with Crippen molar-refractivity contribution in [3.8, 4) is 56.7 Å². The standard InChI is InChI=1S/C57H35N5O/c1-5-16-36(17-6-1)55-58-56(37-18-7-2-8-19-37)60-57(59-55)39-28-32-50-47(35-39)45-30-31-46-48-34-38(29-33-51(48)63-54(46)53(45)62(50)41-22-11-4-12-23-41)42-25-15-26-44-43-24-13-14-27-49(43)61(52(42)44)40-20-9-3-10-21-40/h1-35H. The van der Waals surface area contributed by atoms with Crippen LogP contribution in [0.3, 0.4) is 0 Å². The van der Waals surface area contributed by atoms with Crippen molar-refractivity contribution in [1.29, 1.82) is 0 Å². The lowest BCUT2D eigenvalue weighted by Crippen LogP contribution is -2.00. The minimum atomic E-state index is 0.615. The van der Waals surface area contributed by atoms with Crippen LogP contribution in [-0.2, 0) is 0 Å². The zero-order chi connectivity index (χ0) is 41.4. The Bertz CT molecular complexity index is 3830. The van der Waals surface area contributed by atoms with Crippen molar-refractivity contribution in [3.63, 3.8) is 0 Å². The highest BCUT2D eigenvalue weighted by molar-refractivity contribution is 6.22. The molecule has 0 aliphatic heterocycles. The number of hydrogen-bond donors (Lipinski definition) is 0. The number of nitrogens with zero attached hydrogens (tertiary/aromatic N) is 5. The molecule has 0 spiro atoms. The van der Waals surface area contributed by atoms with Crippen molar-refractivity contribution in [2.24, 2.45) is 0 Å². The zero-order valence-electron chi connectivity index (χ0n) is 33.9. The molecule has 0 saturated carbocycles. The van der Waals surface area contributed by atoms with E-state index in [1.807, 2.05) is 60.7 Å². The molecular weight excluding hydrogens is 771 g/mol. The molecule has 6 heteroatoms. The fourth-order valence-electron chi connectivity index (χ4n) is 9.52. The minimum absolute atomic E-state index is 0.615. The molecule has 4 aromatic heterocycles. The molecule has 0 radical (unpaired) electrons. The van der Waals surface area contributed by atoms with Crippen LogP contribution in [0.25, 0.3) is 122 Å². The highest BCUT2D eigenvalue weighted by Crippen LogP contribution is 2.44. The Kier molecular flexibility index (Phi) is 7.80. The van der Waals surface area contributed by atoms with Crippen molar-refractivity contribution in [2.75, 3.05) is 0 Å². The van der Waals surface area contributed by atoms with E-state index in [-0.39, 0.29) is 0 Å². The quantitative estimate of drug-likeness (QED) is 0.168. The van der Waals surface area contributed by atoms with E-state index in [1.54, 1.807) is 0 Å². The number of furan rings is 1. The minimum Gasteiger partial charge on any atom is -0.454 e. The summed E-state index contributed by atoms with van der Waals surface area (Å²) in [5, 5.41) is 6.76. The lowest BCUT2D eigenvalue weighted by Gasteiger charge is -2.11. The monoisotopic (exact) mass is 805 g/mol. The summed E-state index contributed by atoms with van der Waals surface area (Å²) in [6.45, 7) is 0. The molecule has 0 amide bonds. The maximum Gasteiger partial charge on any atom is 0.164 e. The molecule has 0 fully saturated rings. The third-order valence-corrected chi connectivity index (χ3v) is 12.4. The number of fused-ring (bicyclic) bond motifs is 10. The maximum atomic E-state index is 6.96. The van der Waals surface area contributed by atoms with Crippen LogP contribution >= 0.6 is 0 Å². The Morgan fingerprint density at radius 2 is 0.825 bits per heavy atom. The maximum absolute atomic E-state index is 6.96. The number of hydrogen-bond acceptors (Lipinski definition) is 4. The second-order valence-corrected chi connectivity index (χ2v) is 16.0. The molecule has 0 N–H and O–H groups in total. The van der Waals surface area contributed by atoms with Crippen LogP contribution in [-0.4, -0.2) is 24.1 Å². The van der Waals surface area contributed by atoms with Gasteiger partial charge in [-0.3, -0.25) is 0 Å². The van der Waals surface area contributed by atoms with Crippen LogP contribution in [0.1, 0.15) is 0 Å². The Balaban J connectivity index is 1.03. The highest BCUT2D eigenvalue weighted by Gasteiger charge is 2.22. The molecule has 0 unspecified atom stereocenters. The number of para-hydroxylation sites is 4. The summed E-state index contributed by atoms with van der Waals surface area (Å²) in [4.78, 5) is 15.1. The van der Waals surface area contributed by atoms with Crippen LogP contribution in [0, 0.1) is 0 Å². The van der Waals surface area contributed by atoms with Gasteiger partial charge in [-0.2, -0.15) is 0 Å². The summed E-state index contributed by atoms with van der Waals surface area (Å²) in [6, 6.07) is 74.4. The number of benzene rings is 9. The molecule has 0 atom stereocenters. The van der Waals surface area contributed by atoms with Gasteiger partial charge in [-0.1, -0.05) is 146 Å².